The van der Waals surface area contributed by atoms with Crippen LogP contribution in [0.2, 0.25) is 0 Å². The monoisotopic (exact) mass is 591 g/mol. The molecule has 2 aliphatic heterocycles. The summed E-state index contributed by atoms with van der Waals surface area (Å²) in [4.78, 5) is 31.8. The number of hydroxylamine groups is 1. The molecule has 1 aliphatic carbocycles. The number of benzene rings is 2. The molecule has 12 heteroatoms. The fourth-order valence-corrected chi connectivity index (χ4v) is 5.90. The molecule has 10 nitrogen and oxygen atoms in total. The zero-order chi connectivity index (χ0) is 30.1. The molecule has 226 valence electrons. The van der Waals surface area contributed by atoms with E-state index < -0.39 is 17.7 Å². The van der Waals surface area contributed by atoms with Gasteiger partial charge >= 0.3 is 0 Å². The molecule has 0 spiro atoms. The summed E-state index contributed by atoms with van der Waals surface area (Å²) in [7, 11) is 1.59. The van der Waals surface area contributed by atoms with Crippen molar-refractivity contribution >= 4 is 34.6 Å². The number of ether oxygens (including phenoxy) is 1. The number of methoxy groups -OCH3 is 1. The zero-order valence-electron chi connectivity index (χ0n) is 24.2. The maximum Gasteiger partial charge on any atom is 0.247 e. The Hall–Kier alpha value is -4.29. The number of carbonyl (C=O) groups excluding carboxylic acids is 1. The van der Waals surface area contributed by atoms with Crippen molar-refractivity contribution in [3.8, 4) is 5.75 Å². The molecule has 1 aromatic heterocycles. The Morgan fingerprint density at radius 2 is 1.95 bits per heavy atom. The van der Waals surface area contributed by atoms with Gasteiger partial charge in [-0.25, -0.2) is 23.8 Å². The van der Waals surface area contributed by atoms with Gasteiger partial charge in [0.25, 0.3) is 0 Å². The van der Waals surface area contributed by atoms with E-state index in [0.29, 0.717) is 53.4 Å². The van der Waals surface area contributed by atoms with Crippen LogP contribution >= 0.6 is 0 Å². The molecule has 2 N–H and O–H groups in total. The smallest absolute Gasteiger partial charge is 0.247 e. The summed E-state index contributed by atoms with van der Waals surface area (Å²) in [5.41, 5.74) is 2.37. The lowest BCUT2D eigenvalue weighted by Gasteiger charge is -2.42. The van der Waals surface area contributed by atoms with Crippen LogP contribution in [0.5, 0.6) is 5.75 Å². The van der Waals surface area contributed by atoms with E-state index in [4.69, 9.17) is 9.57 Å². The van der Waals surface area contributed by atoms with E-state index >= 15 is 0 Å². The number of hydrogen-bond acceptors (Lipinski definition) is 9. The summed E-state index contributed by atoms with van der Waals surface area (Å²) in [6, 6.07) is 9.38. The minimum Gasteiger partial charge on any atom is -0.494 e. The largest absolute Gasteiger partial charge is 0.494 e. The van der Waals surface area contributed by atoms with Gasteiger partial charge in [-0.3, -0.25) is 14.5 Å². The van der Waals surface area contributed by atoms with Crippen LogP contribution in [0.3, 0.4) is 0 Å². The van der Waals surface area contributed by atoms with Crippen LogP contribution in [-0.4, -0.2) is 66.2 Å². The summed E-state index contributed by atoms with van der Waals surface area (Å²) in [5, 5.41) is 7.75. The van der Waals surface area contributed by atoms with Gasteiger partial charge in [-0.15, -0.1) is 0 Å². The Balaban J connectivity index is 1.28. The first-order chi connectivity index (χ1) is 20.8. The third-order valence-electron chi connectivity index (χ3n) is 8.16. The molecular weight excluding hydrogens is 556 g/mol. The highest BCUT2D eigenvalue weighted by molar-refractivity contribution is 6.02. The van der Waals surface area contributed by atoms with Gasteiger partial charge < -0.3 is 20.3 Å². The SMILES string of the molecule is C=CC(=O)Nc1cc(Nc2cc(N3OCC[C@@H]3c3ccc(F)cc3F)ncn2)c(OC)cc1N1CCN(C2CC2)C[C@@H]1C. The quantitative estimate of drug-likeness (QED) is 0.326. The number of halogens is 2. The molecule has 1 saturated carbocycles. The fraction of sp³-hybridized carbons (Fsp3) is 0.387. The third kappa shape index (κ3) is 6.11. The maximum atomic E-state index is 14.6. The van der Waals surface area contributed by atoms with Crippen molar-refractivity contribution in [1.29, 1.82) is 0 Å². The highest BCUT2D eigenvalue weighted by atomic mass is 19.1. The molecule has 2 atom stereocenters. The van der Waals surface area contributed by atoms with Gasteiger partial charge in [0.1, 0.15) is 29.5 Å². The van der Waals surface area contributed by atoms with Crippen molar-refractivity contribution in [3.05, 3.63) is 72.6 Å². The van der Waals surface area contributed by atoms with E-state index in [9.17, 15) is 13.6 Å². The van der Waals surface area contributed by atoms with Crippen molar-refractivity contribution in [2.24, 2.45) is 0 Å². The molecule has 0 radical (unpaired) electrons. The molecule has 3 heterocycles. The average molecular weight is 592 g/mol. The Labute approximate surface area is 249 Å². The third-order valence-corrected chi connectivity index (χ3v) is 8.16. The molecule has 2 saturated heterocycles. The van der Waals surface area contributed by atoms with Gasteiger partial charge in [-0.1, -0.05) is 12.6 Å². The predicted molar refractivity (Wildman–Crippen MR) is 161 cm³/mol. The number of amides is 1. The topological polar surface area (TPSA) is 95.1 Å². The van der Waals surface area contributed by atoms with Crippen molar-refractivity contribution in [2.75, 3.05) is 53.9 Å². The van der Waals surface area contributed by atoms with Crippen molar-refractivity contribution in [3.63, 3.8) is 0 Å². The van der Waals surface area contributed by atoms with Crippen molar-refractivity contribution < 1.29 is 23.1 Å². The van der Waals surface area contributed by atoms with Crippen LogP contribution in [0.25, 0.3) is 0 Å². The summed E-state index contributed by atoms with van der Waals surface area (Å²) >= 11 is 0. The van der Waals surface area contributed by atoms with Crippen LogP contribution in [-0.2, 0) is 9.63 Å². The van der Waals surface area contributed by atoms with Gasteiger partial charge in [0, 0.05) is 61.9 Å². The summed E-state index contributed by atoms with van der Waals surface area (Å²) < 4.78 is 33.9. The van der Waals surface area contributed by atoms with Crippen molar-refractivity contribution in [1.82, 2.24) is 14.9 Å². The van der Waals surface area contributed by atoms with Gasteiger partial charge in [0.2, 0.25) is 5.91 Å². The normalized spacial score (nSPS) is 20.7. The van der Waals surface area contributed by atoms with Gasteiger partial charge in [-0.05, 0) is 38.0 Å². The van der Waals surface area contributed by atoms with Crippen molar-refractivity contribution in [2.45, 2.75) is 44.3 Å². The Morgan fingerprint density at radius 1 is 1.12 bits per heavy atom. The second-order valence-electron chi connectivity index (χ2n) is 11.0. The number of hydrogen-bond donors (Lipinski definition) is 2. The zero-order valence-corrected chi connectivity index (χ0v) is 24.2. The van der Waals surface area contributed by atoms with E-state index in [-0.39, 0.29) is 11.9 Å². The van der Waals surface area contributed by atoms with Crippen LogP contribution < -0.4 is 25.3 Å². The number of carbonyl (C=O) groups is 1. The molecule has 3 aliphatic rings. The average Bonchev–Trinajstić information content (AvgIpc) is 3.74. The molecule has 3 aromatic rings. The Bertz CT molecular complexity index is 1520. The molecular formula is C31H35F2N7O3. The van der Waals surface area contributed by atoms with E-state index in [1.165, 1.54) is 42.4 Å². The molecule has 0 unspecified atom stereocenters. The van der Waals surface area contributed by atoms with E-state index in [0.717, 1.165) is 31.4 Å². The number of piperazine rings is 1. The maximum absolute atomic E-state index is 14.6. The number of nitrogens with zero attached hydrogens (tertiary/aromatic N) is 5. The lowest BCUT2D eigenvalue weighted by atomic mass is 10.0. The molecule has 1 amide bonds. The summed E-state index contributed by atoms with van der Waals surface area (Å²) in [5.74, 6) is -0.212. The first-order valence-corrected chi connectivity index (χ1v) is 14.5. The Morgan fingerprint density at radius 3 is 2.67 bits per heavy atom. The number of anilines is 5. The van der Waals surface area contributed by atoms with Gasteiger partial charge in [0.15, 0.2) is 5.82 Å². The first kappa shape index (κ1) is 28.8. The van der Waals surface area contributed by atoms with E-state index in [1.807, 2.05) is 12.1 Å². The second kappa shape index (κ2) is 12.1. The van der Waals surface area contributed by atoms with Gasteiger partial charge in [-0.2, -0.15) is 0 Å². The van der Waals surface area contributed by atoms with Crippen LogP contribution in [0.1, 0.15) is 37.8 Å². The highest BCUT2D eigenvalue weighted by Crippen LogP contribution is 2.41. The molecule has 2 aromatic carbocycles. The molecule has 6 rings (SSSR count). The highest BCUT2D eigenvalue weighted by Gasteiger charge is 2.35. The summed E-state index contributed by atoms with van der Waals surface area (Å²) in [6.07, 6.45) is 5.65. The predicted octanol–water partition coefficient (Wildman–Crippen LogP) is 5.19. The van der Waals surface area contributed by atoms with Gasteiger partial charge in [0.05, 0.1) is 36.8 Å². The summed E-state index contributed by atoms with van der Waals surface area (Å²) in [6.45, 7) is 8.89. The van der Waals surface area contributed by atoms with Crippen LogP contribution in [0, 0.1) is 11.6 Å². The number of aromatic nitrogens is 2. The van der Waals surface area contributed by atoms with E-state index in [1.54, 1.807) is 13.2 Å². The van der Waals surface area contributed by atoms with Crippen LogP contribution in [0.15, 0.2) is 55.4 Å². The lowest BCUT2D eigenvalue weighted by molar-refractivity contribution is -0.111. The number of rotatable bonds is 9. The van der Waals surface area contributed by atoms with E-state index in [2.05, 4.69) is 43.9 Å². The molecule has 43 heavy (non-hydrogen) atoms. The fourth-order valence-electron chi connectivity index (χ4n) is 5.90. The lowest BCUT2D eigenvalue weighted by Crippen LogP contribution is -2.52. The minimum absolute atomic E-state index is 0.237. The molecule has 3 fully saturated rings. The minimum atomic E-state index is -0.643. The number of nitrogens with one attached hydrogen (secondary N) is 2. The first-order valence-electron chi connectivity index (χ1n) is 14.5. The van der Waals surface area contributed by atoms with Crippen LogP contribution in [0.4, 0.5) is 37.5 Å². The standard InChI is InChI=1S/C31H35F2N7O3/c1-4-31(41)37-24-14-25(28(42-3)15-27(24)39-11-10-38(17-19(39)2)21-6-7-21)36-29-16-30(35-18-34-29)40-26(9-12-43-40)22-8-5-20(32)13-23(22)33/h4-5,8,13-16,18-19,21,26H,1,6-7,9-12,17H2,2-3H3,(H,37,41)(H,34,35,36)/t19-,26+/m0/s1. The Kier molecular flexibility index (Phi) is 8.13. The second-order valence-corrected chi connectivity index (χ2v) is 11.0. The molecule has 0 bridgehead atoms.